The summed E-state index contributed by atoms with van der Waals surface area (Å²) in [6.45, 7) is 5.25. The van der Waals surface area contributed by atoms with Gasteiger partial charge in [0.25, 0.3) is 0 Å². The first-order valence-electron chi connectivity index (χ1n) is 11.1. The van der Waals surface area contributed by atoms with E-state index < -0.39 is 62.3 Å². The van der Waals surface area contributed by atoms with Gasteiger partial charge in [-0.3, -0.25) is 18.9 Å². The van der Waals surface area contributed by atoms with E-state index in [0.29, 0.717) is 0 Å². The highest BCUT2D eigenvalue weighted by Crippen LogP contribution is 2.47. The Morgan fingerprint density at radius 1 is 1.33 bits per heavy atom. The van der Waals surface area contributed by atoms with Gasteiger partial charge >= 0.3 is 19.4 Å². The van der Waals surface area contributed by atoms with E-state index in [1.165, 1.54) is 38.2 Å². The largest absolute Gasteiger partial charge is 0.462 e. The minimum Gasteiger partial charge on any atom is -0.462 e. The second kappa shape index (κ2) is 11.3. The van der Waals surface area contributed by atoms with Crippen LogP contribution in [-0.4, -0.2) is 57.3 Å². The summed E-state index contributed by atoms with van der Waals surface area (Å²) in [6.07, 6.45) is -4.05. The van der Waals surface area contributed by atoms with Crippen LogP contribution < -0.4 is 15.3 Å². The number of ether oxygens (including phenoxy) is 2. The molecule has 2 unspecified atom stereocenters. The third-order valence-electron chi connectivity index (χ3n) is 5.23. The van der Waals surface area contributed by atoms with Gasteiger partial charge in [0.05, 0.1) is 12.7 Å². The summed E-state index contributed by atoms with van der Waals surface area (Å²) in [5.74, 6) is -0.535. The fourth-order valence-electron chi connectivity index (χ4n) is 3.47. The Kier molecular flexibility index (Phi) is 8.86. The second-order valence-electron chi connectivity index (χ2n) is 8.71. The molecule has 1 aliphatic rings. The van der Waals surface area contributed by atoms with E-state index in [1.54, 1.807) is 32.0 Å². The molecule has 2 heterocycles. The number of hydrogen-bond acceptors (Lipinski definition) is 9. The van der Waals surface area contributed by atoms with E-state index in [2.05, 4.69) is 10.1 Å². The molecule has 0 saturated carbocycles. The number of H-pyrrole nitrogens is 1. The summed E-state index contributed by atoms with van der Waals surface area (Å²) in [6, 6.07) is 8.31. The lowest BCUT2D eigenvalue weighted by Crippen LogP contribution is -2.44. The molecule has 0 radical (unpaired) electrons. The fraction of sp³-hybridized carbons (Fsp3) is 0.500. The smallest absolute Gasteiger partial charge is 0.459 e. The number of nitrogens with one attached hydrogen (secondary N) is 2. The number of benzene rings is 1. The molecule has 3 N–H and O–H groups in total. The fourth-order valence-corrected chi connectivity index (χ4v) is 5.12. The van der Waals surface area contributed by atoms with E-state index in [9.17, 15) is 19.3 Å². The Bertz CT molecular complexity index is 1220. The molecule has 36 heavy (non-hydrogen) atoms. The first-order valence-corrected chi connectivity index (χ1v) is 13.1. The van der Waals surface area contributed by atoms with E-state index in [-0.39, 0.29) is 10.4 Å². The van der Waals surface area contributed by atoms with Crippen LogP contribution in [0.25, 0.3) is 0 Å². The van der Waals surface area contributed by atoms with Gasteiger partial charge in [-0.2, -0.15) is 5.09 Å². The zero-order valence-corrected chi connectivity index (χ0v) is 21.8. The zero-order valence-electron chi connectivity index (χ0n) is 20.1. The van der Waals surface area contributed by atoms with E-state index in [1.807, 2.05) is 0 Å². The van der Waals surface area contributed by atoms with Crippen molar-refractivity contribution in [1.29, 1.82) is 0 Å². The van der Waals surface area contributed by atoms with Crippen LogP contribution in [0.1, 0.15) is 33.9 Å². The van der Waals surface area contributed by atoms with Crippen molar-refractivity contribution in [3.05, 3.63) is 57.7 Å². The van der Waals surface area contributed by atoms with Crippen LogP contribution >= 0.6 is 20.0 Å². The number of esters is 1. The number of aromatic nitrogens is 2. The van der Waals surface area contributed by atoms with Gasteiger partial charge in [0.1, 0.15) is 28.1 Å². The summed E-state index contributed by atoms with van der Waals surface area (Å²) in [5.41, 5.74) is -2.85. The summed E-state index contributed by atoms with van der Waals surface area (Å²) >= 11 is 4.90. The maximum atomic E-state index is 15.2. The van der Waals surface area contributed by atoms with Crippen molar-refractivity contribution in [3.8, 4) is 5.75 Å². The third kappa shape index (κ3) is 6.67. The van der Waals surface area contributed by atoms with Crippen LogP contribution in [0.3, 0.4) is 0 Å². The van der Waals surface area contributed by atoms with Gasteiger partial charge in [0, 0.05) is 6.20 Å². The van der Waals surface area contributed by atoms with Crippen LogP contribution in [0.15, 0.2) is 47.4 Å². The molecule has 1 aliphatic heterocycles. The quantitative estimate of drug-likeness (QED) is 0.232. The highest BCUT2D eigenvalue weighted by Gasteiger charge is 2.55. The van der Waals surface area contributed by atoms with Crippen molar-refractivity contribution in [3.63, 3.8) is 0 Å². The van der Waals surface area contributed by atoms with E-state index >= 15 is 4.39 Å². The molecular weight excluding hydrogens is 516 g/mol. The number of hydrogen-bond donors (Lipinski definition) is 3. The Labute approximate surface area is 212 Å². The van der Waals surface area contributed by atoms with Crippen molar-refractivity contribution < 1.29 is 37.4 Å². The number of halogens is 1. The molecule has 14 heteroatoms. The number of aromatic amines is 1. The maximum absolute atomic E-state index is 15.2. The summed E-state index contributed by atoms with van der Waals surface area (Å²) in [5, 5.41) is 13.3. The average molecular weight is 546 g/mol. The van der Waals surface area contributed by atoms with Crippen LogP contribution in [-0.2, 0) is 23.4 Å². The molecule has 198 valence electrons. The Balaban J connectivity index is 1.80. The van der Waals surface area contributed by atoms with Crippen LogP contribution in [0.2, 0.25) is 0 Å². The highest BCUT2D eigenvalue weighted by atomic mass is 32.1. The number of nitrogens with zero attached hydrogens (tertiary/aromatic N) is 1. The van der Waals surface area contributed by atoms with Crippen molar-refractivity contribution in [2.45, 2.75) is 63.9 Å². The summed E-state index contributed by atoms with van der Waals surface area (Å²) in [4.78, 5) is 26.9. The van der Waals surface area contributed by atoms with Crippen LogP contribution in [0.5, 0.6) is 5.75 Å². The monoisotopic (exact) mass is 545 g/mol. The van der Waals surface area contributed by atoms with Crippen molar-refractivity contribution in [1.82, 2.24) is 14.6 Å². The Morgan fingerprint density at radius 2 is 2.00 bits per heavy atom. The number of carbonyl (C=O) groups excluding carboxylic acids is 1. The molecule has 0 spiro atoms. The van der Waals surface area contributed by atoms with Gasteiger partial charge < -0.3 is 19.1 Å². The lowest BCUT2D eigenvalue weighted by Gasteiger charge is -2.26. The molecule has 2 aromatic rings. The predicted molar refractivity (Wildman–Crippen MR) is 130 cm³/mol. The van der Waals surface area contributed by atoms with Crippen LogP contribution in [0.4, 0.5) is 4.39 Å². The van der Waals surface area contributed by atoms with Gasteiger partial charge in [-0.1, -0.05) is 30.4 Å². The molecule has 0 bridgehead atoms. The standard InChI is InChI=1S/C22H29FN3O8PS/c1-13(2)32-19(27)14(3)25-35(30,34-15-8-6-5-7-9-15)31-12-16-18(23)22(4,29)20(33-16)26-11-10-17(36)24-21(26)28/h5-11,13-14,16,18,20,29H,12H2,1-4H3,(H,25,30)(H,24,28,36)/t14-,16+,18?,20+,22+,35?/m0/s1. The van der Waals surface area contributed by atoms with Crippen molar-refractivity contribution in [2.75, 3.05) is 6.61 Å². The summed E-state index contributed by atoms with van der Waals surface area (Å²) < 4.78 is 51.6. The van der Waals surface area contributed by atoms with Gasteiger partial charge in [-0.15, -0.1) is 0 Å². The topological polar surface area (TPSA) is 141 Å². The molecule has 11 nitrogen and oxygen atoms in total. The molecule has 1 aromatic heterocycles. The van der Waals surface area contributed by atoms with Gasteiger partial charge in [-0.05, 0) is 45.9 Å². The third-order valence-corrected chi connectivity index (χ3v) is 7.11. The predicted octanol–water partition coefficient (Wildman–Crippen LogP) is 3.03. The molecule has 1 fully saturated rings. The normalized spacial score (nSPS) is 26.4. The van der Waals surface area contributed by atoms with Gasteiger partial charge in [0.2, 0.25) is 0 Å². The van der Waals surface area contributed by atoms with Crippen LogP contribution in [0, 0.1) is 4.64 Å². The first-order chi connectivity index (χ1) is 16.8. The zero-order chi connectivity index (χ0) is 26.7. The van der Waals surface area contributed by atoms with Crippen molar-refractivity contribution in [2.24, 2.45) is 0 Å². The van der Waals surface area contributed by atoms with Crippen molar-refractivity contribution >= 4 is 25.9 Å². The number of alkyl halides is 1. The average Bonchev–Trinajstić information content (AvgIpc) is 3.01. The lowest BCUT2D eigenvalue weighted by molar-refractivity contribution is -0.149. The second-order valence-corrected chi connectivity index (χ2v) is 10.8. The highest BCUT2D eigenvalue weighted by molar-refractivity contribution is 7.71. The number of aliphatic hydroxyl groups is 1. The van der Waals surface area contributed by atoms with E-state index in [0.717, 1.165) is 4.57 Å². The maximum Gasteiger partial charge on any atom is 0.459 e. The Morgan fingerprint density at radius 3 is 2.61 bits per heavy atom. The van der Waals surface area contributed by atoms with Gasteiger partial charge in [-0.25, -0.2) is 13.8 Å². The number of carbonyl (C=O) groups is 1. The first kappa shape index (κ1) is 28.2. The molecule has 1 aromatic carbocycles. The Hall–Kier alpha value is -2.41. The number of rotatable bonds is 10. The molecule has 1 saturated heterocycles. The summed E-state index contributed by atoms with van der Waals surface area (Å²) in [7, 11) is -4.29. The lowest BCUT2D eigenvalue weighted by atomic mass is 9.98. The molecule has 0 amide bonds. The number of para-hydroxylation sites is 1. The SMILES string of the molecule is CC(C)OC(=O)[C@H](C)NP(=O)(OC[C@H]1O[C@@H](n2ccc(=S)[nH]c2=O)[C@](C)(O)C1F)Oc1ccccc1. The molecule has 3 rings (SSSR count). The minimum absolute atomic E-state index is 0.153. The minimum atomic E-state index is -4.29. The molecular formula is C22H29FN3O8PS. The molecule has 6 atom stereocenters. The van der Waals surface area contributed by atoms with E-state index in [4.69, 9.17) is 30.7 Å². The van der Waals surface area contributed by atoms with Gasteiger partial charge in [0.15, 0.2) is 12.4 Å². The molecule has 0 aliphatic carbocycles.